The molecule has 2 fully saturated rings. The second kappa shape index (κ2) is 21.1. The highest BCUT2D eigenvalue weighted by atomic mass is 19.4. The second-order valence-corrected chi connectivity index (χ2v) is 16.0. The zero-order valence-corrected chi connectivity index (χ0v) is 33.9. The van der Waals surface area contributed by atoms with E-state index in [9.17, 15) is 27.9 Å². The van der Waals surface area contributed by atoms with Crippen molar-refractivity contribution >= 4 is 28.7 Å². The summed E-state index contributed by atoms with van der Waals surface area (Å²) < 4.78 is 31.7. The maximum Gasteiger partial charge on any atom is 0.490 e. The van der Waals surface area contributed by atoms with Gasteiger partial charge >= 0.3 is 12.1 Å². The number of nitrogens with zero attached hydrogens (tertiary/aromatic N) is 2. The van der Waals surface area contributed by atoms with Crippen LogP contribution < -0.4 is 5.32 Å². The second-order valence-electron chi connectivity index (χ2n) is 16.0. The average Bonchev–Trinajstić information content (AvgIpc) is 3.68. The molecule has 0 spiro atoms. The van der Waals surface area contributed by atoms with Crippen LogP contribution in [0.15, 0.2) is 103 Å². The topological polar surface area (TPSA) is 126 Å². The number of carbonyl (C=O) groups is 3. The number of phenolic OH excluding ortho intramolecular Hbond substituents is 1. The van der Waals surface area contributed by atoms with E-state index in [1.807, 2.05) is 59.6 Å². The quantitative estimate of drug-likeness (QED) is 0.0885. The lowest BCUT2D eigenvalue weighted by Crippen LogP contribution is -2.38. The van der Waals surface area contributed by atoms with Crippen molar-refractivity contribution in [1.82, 2.24) is 20.1 Å². The molecule has 0 atom stereocenters. The lowest BCUT2D eigenvalue weighted by atomic mass is 9.87. The number of nitrogens with one attached hydrogen (secondary N) is 2. The highest BCUT2D eigenvalue weighted by Crippen LogP contribution is 2.30. The Bertz CT molecular complexity index is 2170. The minimum Gasteiger partial charge on any atom is -0.508 e. The van der Waals surface area contributed by atoms with Gasteiger partial charge in [0.2, 0.25) is 5.91 Å². The predicted octanol–water partition coefficient (Wildman–Crippen LogP) is 9.40. The number of alkyl halides is 3. The van der Waals surface area contributed by atoms with E-state index in [-0.39, 0.29) is 17.6 Å². The normalized spacial score (nSPS) is 15.0. The third-order valence-electron chi connectivity index (χ3n) is 11.8. The first-order chi connectivity index (χ1) is 28.9. The van der Waals surface area contributed by atoms with Gasteiger partial charge in [0, 0.05) is 55.3 Å². The van der Waals surface area contributed by atoms with Crippen molar-refractivity contribution in [3.05, 3.63) is 126 Å². The maximum absolute atomic E-state index is 14.0. The predicted molar refractivity (Wildman–Crippen MR) is 227 cm³/mol. The molecule has 0 saturated carbocycles. The molecule has 5 aromatic rings. The summed E-state index contributed by atoms with van der Waals surface area (Å²) in [5.74, 6) is -0.703. The summed E-state index contributed by atoms with van der Waals surface area (Å²) in [7, 11) is 0. The van der Waals surface area contributed by atoms with E-state index in [1.54, 1.807) is 12.1 Å². The van der Waals surface area contributed by atoms with Gasteiger partial charge in [0.15, 0.2) is 0 Å². The molecule has 2 aliphatic heterocycles. The molecule has 4 N–H and O–H groups in total. The molecule has 0 bridgehead atoms. The number of aromatic nitrogens is 1. The average molecular weight is 825 g/mol. The largest absolute Gasteiger partial charge is 0.508 e. The number of carboxylic acids is 1. The van der Waals surface area contributed by atoms with Crippen LogP contribution in [0, 0.1) is 11.8 Å². The van der Waals surface area contributed by atoms with Gasteiger partial charge in [0.05, 0.1) is 0 Å². The Kier molecular flexibility index (Phi) is 15.4. The van der Waals surface area contributed by atoms with Gasteiger partial charge in [-0.15, -0.1) is 0 Å². The minimum atomic E-state index is -5.08. The van der Waals surface area contributed by atoms with Crippen molar-refractivity contribution in [2.75, 3.05) is 32.7 Å². The molecule has 1 aromatic heterocycles. The summed E-state index contributed by atoms with van der Waals surface area (Å²) in [6.07, 6.45) is 7.44. The molecule has 7 rings (SSSR count). The fourth-order valence-electron chi connectivity index (χ4n) is 8.40. The van der Waals surface area contributed by atoms with Crippen molar-refractivity contribution in [2.45, 2.75) is 76.9 Å². The number of aliphatic carboxylic acids is 1. The number of aryl methyl sites for hydroxylation is 1. The number of aromatic hydroxyl groups is 1. The highest BCUT2D eigenvalue weighted by molar-refractivity contribution is 6.01. The van der Waals surface area contributed by atoms with Crippen molar-refractivity contribution in [3.8, 4) is 16.9 Å². The van der Waals surface area contributed by atoms with E-state index in [4.69, 9.17) is 9.90 Å². The number of carbonyl (C=O) groups excluding carboxylic acids is 2. The molecule has 0 radical (unpaired) electrons. The van der Waals surface area contributed by atoms with Gasteiger partial charge in [-0.2, -0.15) is 13.2 Å². The zero-order chi connectivity index (χ0) is 42.5. The van der Waals surface area contributed by atoms with Crippen molar-refractivity contribution in [3.63, 3.8) is 0 Å². The summed E-state index contributed by atoms with van der Waals surface area (Å²) in [5.41, 5.74) is 6.99. The smallest absolute Gasteiger partial charge is 0.490 e. The third-order valence-corrected chi connectivity index (χ3v) is 11.8. The van der Waals surface area contributed by atoms with E-state index in [0.29, 0.717) is 32.4 Å². The number of likely N-dealkylation sites (tertiary alicyclic amines) is 1. The van der Waals surface area contributed by atoms with E-state index in [1.165, 1.54) is 45.2 Å². The number of phenols is 1. The van der Waals surface area contributed by atoms with Crippen molar-refractivity contribution < 1.29 is 37.8 Å². The molecular weight excluding hydrogens is 770 g/mol. The summed E-state index contributed by atoms with van der Waals surface area (Å²) in [6.45, 7) is 5.02. The maximum atomic E-state index is 14.0. The van der Waals surface area contributed by atoms with Gasteiger partial charge in [-0.1, -0.05) is 86.0 Å². The Morgan fingerprint density at radius 3 is 2.17 bits per heavy atom. The molecule has 0 aliphatic carbocycles. The van der Waals surface area contributed by atoms with E-state index in [0.717, 1.165) is 82.1 Å². The molecule has 2 aliphatic rings. The molecule has 60 heavy (non-hydrogen) atoms. The summed E-state index contributed by atoms with van der Waals surface area (Å²) in [4.78, 5) is 44.2. The molecule has 12 heteroatoms. The molecule has 2 amide bonds. The van der Waals surface area contributed by atoms with Crippen LogP contribution in [0.5, 0.6) is 5.75 Å². The van der Waals surface area contributed by atoms with Crippen LogP contribution in [-0.4, -0.2) is 81.7 Å². The fourth-order valence-corrected chi connectivity index (χ4v) is 8.40. The Labute approximate surface area is 349 Å². The van der Waals surface area contributed by atoms with Gasteiger partial charge in [-0.05, 0) is 122 Å². The molecule has 2 saturated heterocycles. The summed E-state index contributed by atoms with van der Waals surface area (Å²) in [5, 5.41) is 21.5. The summed E-state index contributed by atoms with van der Waals surface area (Å²) in [6, 6.07) is 31.7. The van der Waals surface area contributed by atoms with Gasteiger partial charge in [0.1, 0.15) is 5.75 Å². The highest BCUT2D eigenvalue weighted by Gasteiger charge is 2.38. The van der Waals surface area contributed by atoms with Gasteiger partial charge in [0.25, 0.3) is 5.91 Å². The Morgan fingerprint density at radius 2 is 1.45 bits per heavy atom. The molecule has 4 aromatic carbocycles. The summed E-state index contributed by atoms with van der Waals surface area (Å²) >= 11 is 0. The number of H-pyrrole nitrogens is 1. The Morgan fingerprint density at radius 1 is 0.783 bits per heavy atom. The first-order valence-corrected chi connectivity index (χ1v) is 21.0. The number of piperidine rings is 2. The number of para-hydroxylation sites is 1. The number of aromatic amines is 1. The zero-order valence-electron chi connectivity index (χ0n) is 33.9. The molecule has 0 unspecified atom stereocenters. The standard InChI is InChI=1S/C46H54N4O3.C2HF3O2/c51-40-18-15-36(16-19-40)25-30-50(45(52)20-17-39-32-48-44-14-4-3-12-42(39)44)33-37-9-6-10-38(31-37)41-11-1-2-13-43(41)46(53)49-28-23-35(24-29-49)8-5-7-34-21-26-47-27-22-34;3-2(4,5)1(6)7/h1-4,6,9-16,18-19,31-32,34-35,47-48,51H,5,7-8,17,20-30,33H2;(H,6,7). The monoisotopic (exact) mass is 824 g/mol. The first kappa shape index (κ1) is 43.9. The number of halogens is 3. The van der Waals surface area contributed by atoms with Gasteiger partial charge in [-0.3, -0.25) is 9.59 Å². The number of benzene rings is 4. The Balaban J connectivity index is 0.000000793. The number of hydrogen-bond donors (Lipinski definition) is 4. The van der Waals surface area contributed by atoms with Crippen LogP contribution in [0.4, 0.5) is 13.2 Å². The van der Waals surface area contributed by atoms with E-state index in [2.05, 4.69) is 51.6 Å². The number of fused-ring (bicyclic) bond motifs is 1. The third kappa shape index (κ3) is 12.5. The molecule has 318 valence electrons. The fraction of sp³-hybridized carbons (Fsp3) is 0.396. The van der Waals surface area contributed by atoms with Gasteiger partial charge in [-0.25, -0.2) is 4.79 Å². The van der Waals surface area contributed by atoms with Crippen molar-refractivity contribution in [2.24, 2.45) is 11.8 Å². The lowest BCUT2D eigenvalue weighted by Gasteiger charge is -2.33. The van der Waals surface area contributed by atoms with Crippen molar-refractivity contribution in [1.29, 1.82) is 0 Å². The number of amides is 2. The molecular formula is C48H55F3N4O5. The van der Waals surface area contributed by atoms with Crippen LogP contribution in [0.25, 0.3) is 22.0 Å². The van der Waals surface area contributed by atoms with Crippen LogP contribution in [-0.2, 0) is 29.0 Å². The van der Waals surface area contributed by atoms with Gasteiger partial charge < -0.3 is 30.3 Å². The first-order valence-electron chi connectivity index (χ1n) is 21.0. The Hall–Kier alpha value is -5.62. The lowest BCUT2D eigenvalue weighted by molar-refractivity contribution is -0.192. The van der Waals surface area contributed by atoms with Crippen LogP contribution in [0.1, 0.15) is 78.4 Å². The van der Waals surface area contributed by atoms with Crippen LogP contribution >= 0.6 is 0 Å². The number of hydrogen-bond acceptors (Lipinski definition) is 5. The van der Waals surface area contributed by atoms with Crippen LogP contribution in [0.2, 0.25) is 0 Å². The number of carboxylic acid groups (broad SMARTS) is 1. The van der Waals surface area contributed by atoms with E-state index < -0.39 is 12.1 Å². The molecule has 3 heterocycles. The SMILES string of the molecule is O=C(CCc1c[nH]c2ccccc12)N(CCc1ccc(O)cc1)Cc1cccc(-c2ccccc2C(=O)N2CCC(CCCC3CCNCC3)CC2)c1.O=C(O)C(F)(F)F. The molecule has 9 nitrogen and oxygen atoms in total. The van der Waals surface area contributed by atoms with Crippen LogP contribution in [0.3, 0.4) is 0 Å². The van der Waals surface area contributed by atoms with E-state index >= 15 is 0 Å². The minimum absolute atomic E-state index is 0.102. The number of rotatable bonds is 14.